The molecule has 0 N–H and O–H groups in total. The van der Waals surface area contributed by atoms with Crippen molar-refractivity contribution in [2.45, 2.75) is 12.8 Å². The second-order valence-electron chi connectivity index (χ2n) is 9.00. The Hall–Kier alpha value is -4.30. The molecule has 2 heterocycles. The van der Waals surface area contributed by atoms with E-state index in [9.17, 15) is 0 Å². The Morgan fingerprint density at radius 2 is 1.32 bits per heavy atom. The largest absolute Gasteiger partial charge is 0.317 e. The summed E-state index contributed by atoms with van der Waals surface area (Å²) in [5.74, 6) is 0. The van der Waals surface area contributed by atoms with Crippen molar-refractivity contribution in [3.8, 4) is 22.5 Å². The van der Waals surface area contributed by atoms with E-state index in [1.165, 1.54) is 55.6 Å². The van der Waals surface area contributed by atoms with Crippen LogP contribution in [0.15, 0.2) is 115 Å². The van der Waals surface area contributed by atoms with Crippen LogP contribution in [0.4, 0.5) is 0 Å². The fraction of sp³-hybridized carbons (Fsp3) is 0.0625. The molecule has 0 bridgehead atoms. The SMILES string of the molecule is C1=Cc2c(c3cc(-c4ccc5c(ccn5-c5ccccc5)c4)ccc3n2-c2ccccc2)CC1. The summed E-state index contributed by atoms with van der Waals surface area (Å²) in [5.41, 5.74) is 10.2. The Balaban J connectivity index is 1.38. The van der Waals surface area contributed by atoms with Crippen molar-refractivity contribution in [3.05, 3.63) is 127 Å². The van der Waals surface area contributed by atoms with Gasteiger partial charge in [-0.15, -0.1) is 0 Å². The van der Waals surface area contributed by atoms with Crippen LogP contribution in [0.3, 0.4) is 0 Å². The molecule has 0 amide bonds. The van der Waals surface area contributed by atoms with E-state index in [1.807, 2.05) is 0 Å². The molecule has 0 saturated heterocycles. The van der Waals surface area contributed by atoms with E-state index in [2.05, 4.69) is 131 Å². The Morgan fingerprint density at radius 3 is 2.12 bits per heavy atom. The molecule has 4 aromatic carbocycles. The van der Waals surface area contributed by atoms with Crippen LogP contribution in [0.1, 0.15) is 17.7 Å². The lowest BCUT2D eigenvalue weighted by Gasteiger charge is -2.11. The molecule has 0 aliphatic heterocycles. The van der Waals surface area contributed by atoms with Crippen LogP contribution in [0.25, 0.3) is 50.4 Å². The fourth-order valence-electron chi connectivity index (χ4n) is 5.41. The van der Waals surface area contributed by atoms with Crippen LogP contribution >= 0.6 is 0 Å². The number of aromatic nitrogens is 2. The topological polar surface area (TPSA) is 9.86 Å². The van der Waals surface area contributed by atoms with Gasteiger partial charge in [0.15, 0.2) is 0 Å². The summed E-state index contributed by atoms with van der Waals surface area (Å²) in [6.45, 7) is 0. The van der Waals surface area contributed by atoms with Gasteiger partial charge in [0.25, 0.3) is 0 Å². The highest BCUT2D eigenvalue weighted by Gasteiger charge is 2.19. The van der Waals surface area contributed by atoms with Gasteiger partial charge in [-0.3, -0.25) is 0 Å². The standard InChI is InChI=1S/C32H24N2/c1-3-9-26(10-4-1)33-20-19-25-21-23(15-17-30(25)33)24-16-18-32-29(22-24)28-13-7-8-14-31(28)34(32)27-11-5-2-6-12-27/h1-6,8-12,14-22H,7,13H2. The predicted molar refractivity (Wildman–Crippen MR) is 143 cm³/mol. The summed E-state index contributed by atoms with van der Waals surface area (Å²) < 4.78 is 4.66. The van der Waals surface area contributed by atoms with Gasteiger partial charge in [-0.2, -0.15) is 0 Å². The Labute approximate surface area is 199 Å². The molecule has 0 saturated carbocycles. The predicted octanol–water partition coefficient (Wildman–Crippen LogP) is 8.20. The normalized spacial score (nSPS) is 12.9. The van der Waals surface area contributed by atoms with E-state index in [-0.39, 0.29) is 0 Å². The lowest BCUT2D eigenvalue weighted by atomic mass is 9.97. The first-order valence-corrected chi connectivity index (χ1v) is 11.9. The highest BCUT2D eigenvalue weighted by atomic mass is 15.0. The van der Waals surface area contributed by atoms with Crippen molar-refractivity contribution in [2.75, 3.05) is 0 Å². The van der Waals surface area contributed by atoms with Crippen LogP contribution in [-0.4, -0.2) is 9.13 Å². The number of aryl methyl sites for hydroxylation is 1. The van der Waals surface area contributed by atoms with Crippen molar-refractivity contribution in [2.24, 2.45) is 0 Å². The minimum absolute atomic E-state index is 1.09. The van der Waals surface area contributed by atoms with E-state index in [4.69, 9.17) is 0 Å². The maximum absolute atomic E-state index is 2.41. The van der Waals surface area contributed by atoms with Gasteiger partial charge >= 0.3 is 0 Å². The number of benzene rings is 4. The highest BCUT2D eigenvalue weighted by molar-refractivity contribution is 5.95. The average molecular weight is 437 g/mol. The number of allylic oxidation sites excluding steroid dienone is 1. The van der Waals surface area contributed by atoms with Gasteiger partial charge < -0.3 is 9.13 Å². The van der Waals surface area contributed by atoms with Gasteiger partial charge in [-0.05, 0) is 90.2 Å². The molecule has 2 nitrogen and oxygen atoms in total. The number of rotatable bonds is 3. The van der Waals surface area contributed by atoms with E-state index < -0.39 is 0 Å². The first-order chi connectivity index (χ1) is 16.9. The molecule has 0 radical (unpaired) electrons. The summed E-state index contributed by atoms with van der Waals surface area (Å²) in [6, 6.07) is 37.2. The number of nitrogens with zero attached hydrogens (tertiary/aromatic N) is 2. The second kappa shape index (κ2) is 7.64. The molecule has 0 fully saturated rings. The quantitative estimate of drug-likeness (QED) is 0.265. The molecule has 1 aliphatic carbocycles. The lowest BCUT2D eigenvalue weighted by Crippen LogP contribution is -1.99. The lowest BCUT2D eigenvalue weighted by molar-refractivity contribution is 0.967. The molecule has 0 atom stereocenters. The van der Waals surface area contributed by atoms with E-state index in [0.29, 0.717) is 0 Å². The first kappa shape index (κ1) is 19.2. The molecular weight excluding hydrogens is 412 g/mol. The van der Waals surface area contributed by atoms with Gasteiger partial charge in [0.2, 0.25) is 0 Å². The maximum atomic E-state index is 2.41. The second-order valence-corrected chi connectivity index (χ2v) is 9.00. The number of para-hydroxylation sites is 2. The van der Waals surface area contributed by atoms with E-state index in [0.717, 1.165) is 12.8 Å². The summed E-state index contributed by atoms with van der Waals surface area (Å²) in [5, 5.41) is 2.62. The number of fused-ring (bicyclic) bond motifs is 4. The Kier molecular flexibility index (Phi) is 4.31. The van der Waals surface area contributed by atoms with Crippen LogP contribution < -0.4 is 0 Å². The van der Waals surface area contributed by atoms with Crippen molar-refractivity contribution in [1.82, 2.24) is 9.13 Å². The van der Waals surface area contributed by atoms with Crippen LogP contribution in [0.5, 0.6) is 0 Å². The monoisotopic (exact) mass is 436 g/mol. The summed E-state index contributed by atoms with van der Waals surface area (Å²) >= 11 is 0. The van der Waals surface area contributed by atoms with Gasteiger partial charge in [-0.25, -0.2) is 0 Å². The molecule has 0 unspecified atom stereocenters. The van der Waals surface area contributed by atoms with Crippen molar-refractivity contribution in [3.63, 3.8) is 0 Å². The van der Waals surface area contributed by atoms with E-state index >= 15 is 0 Å². The Bertz CT molecular complexity index is 1680. The Morgan fingerprint density at radius 1 is 0.618 bits per heavy atom. The van der Waals surface area contributed by atoms with Crippen LogP contribution in [-0.2, 0) is 6.42 Å². The van der Waals surface area contributed by atoms with Gasteiger partial charge in [0, 0.05) is 34.0 Å². The van der Waals surface area contributed by atoms with Crippen LogP contribution in [0.2, 0.25) is 0 Å². The summed E-state index contributed by atoms with van der Waals surface area (Å²) in [4.78, 5) is 0. The molecule has 1 aliphatic rings. The zero-order valence-electron chi connectivity index (χ0n) is 18.9. The molecule has 34 heavy (non-hydrogen) atoms. The van der Waals surface area contributed by atoms with Gasteiger partial charge in [-0.1, -0.05) is 54.6 Å². The minimum Gasteiger partial charge on any atom is -0.317 e. The maximum Gasteiger partial charge on any atom is 0.0538 e. The van der Waals surface area contributed by atoms with Crippen molar-refractivity contribution in [1.29, 1.82) is 0 Å². The smallest absolute Gasteiger partial charge is 0.0538 e. The molecule has 7 rings (SSSR count). The van der Waals surface area contributed by atoms with E-state index in [1.54, 1.807) is 0 Å². The van der Waals surface area contributed by atoms with Crippen molar-refractivity contribution >= 4 is 27.9 Å². The highest BCUT2D eigenvalue weighted by Crippen LogP contribution is 2.37. The zero-order chi connectivity index (χ0) is 22.5. The number of hydrogen-bond acceptors (Lipinski definition) is 0. The molecule has 6 aromatic rings. The summed E-state index contributed by atoms with van der Waals surface area (Å²) in [6.07, 6.45) is 8.95. The fourth-order valence-corrected chi connectivity index (χ4v) is 5.41. The third kappa shape index (κ3) is 2.96. The van der Waals surface area contributed by atoms with Gasteiger partial charge in [0.1, 0.15) is 0 Å². The van der Waals surface area contributed by atoms with Gasteiger partial charge in [0.05, 0.1) is 11.0 Å². The molecule has 162 valence electrons. The number of hydrogen-bond donors (Lipinski definition) is 0. The molecule has 0 spiro atoms. The third-order valence-corrected chi connectivity index (χ3v) is 7.02. The molecule has 2 aromatic heterocycles. The zero-order valence-corrected chi connectivity index (χ0v) is 18.9. The minimum atomic E-state index is 1.09. The average Bonchev–Trinajstić information content (AvgIpc) is 3.48. The third-order valence-electron chi connectivity index (χ3n) is 7.02. The van der Waals surface area contributed by atoms with Crippen LogP contribution in [0, 0.1) is 0 Å². The first-order valence-electron chi connectivity index (χ1n) is 11.9. The molecule has 2 heteroatoms. The van der Waals surface area contributed by atoms with Crippen molar-refractivity contribution < 1.29 is 0 Å². The molecular formula is C32H24N2. The summed E-state index contributed by atoms with van der Waals surface area (Å²) in [7, 11) is 0.